The number of carbonyl (C=O) groups excluding carboxylic acids is 1. The summed E-state index contributed by atoms with van der Waals surface area (Å²) in [7, 11) is 0. The number of unbranched alkanes of at least 4 members (excludes halogenated alkanes) is 9. The third-order valence-electron chi connectivity index (χ3n) is 4.24. The Bertz CT molecular complexity index is 271. The molecule has 0 saturated heterocycles. The van der Waals surface area contributed by atoms with E-state index < -0.39 is 6.10 Å². The minimum absolute atomic E-state index is 0.0934. The highest BCUT2D eigenvalue weighted by Crippen LogP contribution is 2.11. The first kappa shape index (κ1) is 22.4. The van der Waals surface area contributed by atoms with Gasteiger partial charge in [0.25, 0.3) is 0 Å². The minimum Gasteiger partial charge on any atom is -0.394 e. The van der Waals surface area contributed by atoms with Crippen LogP contribution in [0.3, 0.4) is 0 Å². The fraction of sp³-hybridized carbons (Fsp3) is 0.947. The number of amides is 1. The molecule has 0 spiro atoms. The Morgan fingerprint density at radius 1 is 0.870 bits per heavy atom. The van der Waals surface area contributed by atoms with Crippen molar-refractivity contribution < 1.29 is 15.0 Å². The Morgan fingerprint density at radius 2 is 1.39 bits per heavy atom. The second kappa shape index (κ2) is 16.3. The second-order valence-corrected chi connectivity index (χ2v) is 6.61. The molecule has 1 unspecified atom stereocenters. The van der Waals surface area contributed by atoms with Crippen LogP contribution in [-0.2, 0) is 4.79 Å². The molecule has 0 fully saturated rings. The van der Waals surface area contributed by atoms with Crippen LogP contribution >= 0.6 is 0 Å². The highest BCUT2D eigenvalue weighted by molar-refractivity contribution is 5.76. The number of nitrogens with zero attached hydrogens (tertiary/aromatic N) is 1. The fourth-order valence-corrected chi connectivity index (χ4v) is 2.79. The van der Waals surface area contributed by atoms with Crippen LogP contribution in [0.5, 0.6) is 0 Å². The standard InChI is InChI=1S/C19H39NO3/c1-3-5-6-7-8-9-10-11-12-13-15-20(16-18(22)17-21)19(23)14-4-2/h18,21-22H,3-17H2,1-2H3. The van der Waals surface area contributed by atoms with Crippen molar-refractivity contribution in [2.75, 3.05) is 19.7 Å². The molecule has 4 heteroatoms. The van der Waals surface area contributed by atoms with Gasteiger partial charge in [-0.15, -0.1) is 0 Å². The fourth-order valence-electron chi connectivity index (χ4n) is 2.79. The topological polar surface area (TPSA) is 60.8 Å². The van der Waals surface area contributed by atoms with Crippen molar-refractivity contribution in [1.82, 2.24) is 4.90 Å². The Hall–Kier alpha value is -0.610. The van der Waals surface area contributed by atoms with E-state index >= 15 is 0 Å². The van der Waals surface area contributed by atoms with Crippen LogP contribution in [0, 0.1) is 0 Å². The van der Waals surface area contributed by atoms with Crippen molar-refractivity contribution >= 4 is 5.91 Å². The van der Waals surface area contributed by atoms with Crippen LogP contribution in [0.25, 0.3) is 0 Å². The summed E-state index contributed by atoms with van der Waals surface area (Å²) >= 11 is 0. The molecule has 1 atom stereocenters. The molecule has 138 valence electrons. The maximum Gasteiger partial charge on any atom is 0.222 e. The molecule has 0 aliphatic heterocycles. The zero-order valence-electron chi connectivity index (χ0n) is 15.4. The van der Waals surface area contributed by atoms with E-state index in [0.29, 0.717) is 13.0 Å². The summed E-state index contributed by atoms with van der Waals surface area (Å²) in [6.07, 6.45) is 13.3. The Kier molecular flexibility index (Phi) is 15.8. The van der Waals surface area contributed by atoms with Gasteiger partial charge in [0.1, 0.15) is 0 Å². The second-order valence-electron chi connectivity index (χ2n) is 6.61. The maximum absolute atomic E-state index is 12.0. The van der Waals surface area contributed by atoms with Gasteiger partial charge in [-0.25, -0.2) is 0 Å². The zero-order chi connectivity index (χ0) is 17.3. The molecule has 0 saturated carbocycles. The molecular weight excluding hydrogens is 290 g/mol. The van der Waals surface area contributed by atoms with Crippen molar-refractivity contribution in [3.63, 3.8) is 0 Å². The van der Waals surface area contributed by atoms with E-state index in [1.54, 1.807) is 4.90 Å². The highest BCUT2D eigenvalue weighted by atomic mass is 16.3. The van der Waals surface area contributed by atoms with Gasteiger partial charge in [0.15, 0.2) is 0 Å². The van der Waals surface area contributed by atoms with Crippen molar-refractivity contribution in [2.24, 2.45) is 0 Å². The van der Waals surface area contributed by atoms with E-state index in [1.807, 2.05) is 6.92 Å². The molecule has 0 aromatic rings. The summed E-state index contributed by atoms with van der Waals surface area (Å²) in [4.78, 5) is 13.7. The predicted molar refractivity (Wildman–Crippen MR) is 96.4 cm³/mol. The first-order valence-corrected chi connectivity index (χ1v) is 9.72. The number of hydrogen-bond donors (Lipinski definition) is 2. The largest absolute Gasteiger partial charge is 0.394 e. The van der Waals surface area contributed by atoms with Gasteiger partial charge in [-0.1, -0.05) is 71.6 Å². The van der Waals surface area contributed by atoms with Gasteiger partial charge in [-0.2, -0.15) is 0 Å². The number of carbonyl (C=O) groups is 1. The SMILES string of the molecule is CCCCCCCCCCCCN(CC(O)CO)C(=O)CCC. The van der Waals surface area contributed by atoms with Crippen molar-refractivity contribution in [2.45, 2.75) is 97.0 Å². The van der Waals surface area contributed by atoms with Gasteiger partial charge in [-0.05, 0) is 12.8 Å². The molecule has 0 aromatic heterocycles. The summed E-state index contributed by atoms with van der Waals surface area (Å²) in [5.74, 6) is 0.0934. The summed E-state index contributed by atoms with van der Waals surface area (Å²) in [5, 5.41) is 18.5. The molecule has 23 heavy (non-hydrogen) atoms. The molecule has 0 aliphatic rings. The van der Waals surface area contributed by atoms with E-state index in [-0.39, 0.29) is 19.1 Å². The van der Waals surface area contributed by atoms with Crippen LogP contribution in [0.15, 0.2) is 0 Å². The number of hydrogen-bond acceptors (Lipinski definition) is 3. The molecule has 4 nitrogen and oxygen atoms in total. The van der Waals surface area contributed by atoms with Gasteiger partial charge in [0.05, 0.1) is 12.7 Å². The lowest BCUT2D eigenvalue weighted by atomic mass is 10.1. The molecular formula is C19H39NO3. The Balaban J connectivity index is 3.71. The molecule has 0 bridgehead atoms. The lowest BCUT2D eigenvalue weighted by molar-refractivity contribution is -0.133. The van der Waals surface area contributed by atoms with Crippen molar-refractivity contribution in [3.05, 3.63) is 0 Å². The number of aliphatic hydroxyl groups is 2. The average molecular weight is 330 g/mol. The molecule has 0 heterocycles. The van der Waals surface area contributed by atoms with E-state index in [0.717, 1.165) is 19.3 Å². The van der Waals surface area contributed by atoms with Crippen molar-refractivity contribution in [3.8, 4) is 0 Å². The Labute approximate surface area is 143 Å². The molecule has 0 aliphatic carbocycles. The summed E-state index contributed by atoms with van der Waals surface area (Å²) < 4.78 is 0. The molecule has 0 radical (unpaired) electrons. The first-order chi connectivity index (χ1) is 11.2. The van der Waals surface area contributed by atoms with Crippen LogP contribution in [0.4, 0.5) is 0 Å². The molecule has 2 N–H and O–H groups in total. The third-order valence-corrected chi connectivity index (χ3v) is 4.24. The van der Waals surface area contributed by atoms with Gasteiger partial charge in [0, 0.05) is 19.5 Å². The van der Waals surface area contributed by atoms with Gasteiger partial charge >= 0.3 is 0 Å². The van der Waals surface area contributed by atoms with Crippen molar-refractivity contribution in [1.29, 1.82) is 0 Å². The summed E-state index contributed by atoms with van der Waals surface area (Å²) in [6, 6.07) is 0. The van der Waals surface area contributed by atoms with Crippen LogP contribution in [-0.4, -0.2) is 46.8 Å². The van der Waals surface area contributed by atoms with Gasteiger partial charge in [0.2, 0.25) is 5.91 Å². The van der Waals surface area contributed by atoms with E-state index in [4.69, 9.17) is 5.11 Å². The summed E-state index contributed by atoms with van der Waals surface area (Å²) in [6.45, 7) is 4.90. The Morgan fingerprint density at radius 3 is 1.87 bits per heavy atom. The average Bonchev–Trinajstić information content (AvgIpc) is 2.55. The molecule has 1 amide bonds. The van der Waals surface area contributed by atoms with Crippen LogP contribution in [0.1, 0.15) is 90.9 Å². The summed E-state index contributed by atoms with van der Waals surface area (Å²) in [5.41, 5.74) is 0. The minimum atomic E-state index is -0.820. The molecule has 0 aromatic carbocycles. The number of rotatable bonds is 16. The quantitative estimate of drug-likeness (QED) is 0.422. The smallest absolute Gasteiger partial charge is 0.222 e. The van der Waals surface area contributed by atoms with Gasteiger partial charge in [-0.3, -0.25) is 4.79 Å². The monoisotopic (exact) mass is 329 g/mol. The normalized spacial score (nSPS) is 12.3. The van der Waals surface area contributed by atoms with Crippen LogP contribution in [0.2, 0.25) is 0 Å². The van der Waals surface area contributed by atoms with E-state index in [2.05, 4.69) is 6.92 Å². The molecule has 0 rings (SSSR count). The first-order valence-electron chi connectivity index (χ1n) is 9.72. The lowest BCUT2D eigenvalue weighted by Crippen LogP contribution is -2.39. The third kappa shape index (κ3) is 13.5. The van der Waals surface area contributed by atoms with E-state index in [9.17, 15) is 9.90 Å². The predicted octanol–water partition coefficient (Wildman–Crippen LogP) is 3.89. The van der Waals surface area contributed by atoms with E-state index in [1.165, 1.54) is 51.4 Å². The lowest BCUT2D eigenvalue weighted by Gasteiger charge is -2.24. The number of aliphatic hydroxyl groups excluding tert-OH is 2. The maximum atomic E-state index is 12.0. The van der Waals surface area contributed by atoms with Crippen LogP contribution < -0.4 is 0 Å². The van der Waals surface area contributed by atoms with Gasteiger partial charge < -0.3 is 15.1 Å². The zero-order valence-corrected chi connectivity index (χ0v) is 15.4. The highest BCUT2D eigenvalue weighted by Gasteiger charge is 2.15.